The maximum Gasteiger partial charge on any atom is 0.148 e. The largest absolute Gasteiger partial charge is 0.507 e. The van der Waals surface area contributed by atoms with Crippen molar-refractivity contribution in [1.82, 2.24) is 14.5 Å². The molecular formula is C63H70N3OPt-. The first-order valence-electron chi connectivity index (χ1n) is 31.4. The summed E-state index contributed by atoms with van der Waals surface area (Å²) in [4.78, 5) is 10.1. The van der Waals surface area contributed by atoms with Gasteiger partial charge in [-0.3, -0.25) is 9.55 Å². The molecule has 0 unspecified atom stereocenters. The molecule has 0 amide bonds. The molecule has 354 valence electrons. The fourth-order valence-corrected chi connectivity index (χ4v) is 8.71. The van der Waals surface area contributed by atoms with Crippen LogP contribution >= 0.6 is 0 Å². The molecule has 6 aromatic carbocycles. The molecule has 0 aliphatic heterocycles. The van der Waals surface area contributed by atoms with Crippen LogP contribution in [0.15, 0.2) is 121 Å². The Bertz CT molecular complexity index is 3810. The Kier molecular flexibility index (Phi) is 9.23. The monoisotopic (exact) mass is 1100 g/mol. The Morgan fingerprint density at radius 3 is 2.00 bits per heavy atom. The third-order valence-corrected chi connectivity index (χ3v) is 12.5. The van der Waals surface area contributed by atoms with Gasteiger partial charge >= 0.3 is 0 Å². The molecule has 68 heavy (non-hydrogen) atoms. The number of imidazole rings is 1. The number of aromatic hydroxyl groups is 1. The molecule has 5 heteroatoms. The third kappa shape index (κ3) is 9.82. The molecule has 0 saturated heterocycles. The van der Waals surface area contributed by atoms with E-state index in [1.807, 2.05) is 115 Å². The number of aryl methyl sites for hydroxylation is 1. The van der Waals surface area contributed by atoms with Gasteiger partial charge in [-0.25, -0.2) is 4.98 Å². The number of phenols is 1. The first-order valence-corrected chi connectivity index (χ1v) is 22.9. The summed E-state index contributed by atoms with van der Waals surface area (Å²) in [5, 5.41) is 12.4. The summed E-state index contributed by atoms with van der Waals surface area (Å²) in [6.45, 7) is 7.66. The second-order valence-electron chi connectivity index (χ2n) is 19.8. The van der Waals surface area contributed by atoms with Crippen LogP contribution in [0.1, 0.15) is 183 Å². The van der Waals surface area contributed by atoms with E-state index in [4.69, 9.17) is 22.8 Å². The van der Waals surface area contributed by atoms with E-state index < -0.39 is 73.9 Å². The van der Waals surface area contributed by atoms with Crippen molar-refractivity contribution in [2.45, 2.75) is 138 Å². The van der Waals surface area contributed by atoms with E-state index in [0.29, 0.717) is 50.1 Å². The predicted octanol–water partition coefficient (Wildman–Crippen LogP) is 17.7. The number of rotatable bonds is 10. The van der Waals surface area contributed by atoms with E-state index in [1.54, 1.807) is 16.7 Å². The zero-order valence-corrected chi connectivity index (χ0v) is 42.8. The topological polar surface area (TPSA) is 50.9 Å². The molecule has 2 aromatic heterocycles. The number of hydrogen-bond acceptors (Lipinski definition) is 3. The summed E-state index contributed by atoms with van der Waals surface area (Å²) >= 11 is 0. The van der Waals surface area contributed by atoms with Crippen LogP contribution in [0.4, 0.5) is 0 Å². The van der Waals surface area contributed by atoms with E-state index >= 15 is 0 Å². The minimum absolute atomic E-state index is 0. The number of benzene rings is 6. The van der Waals surface area contributed by atoms with Gasteiger partial charge in [0.1, 0.15) is 11.6 Å². The summed E-state index contributed by atoms with van der Waals surface area (Å²) in [6, 6.07) is 26.9. The summed E-state index contributed by atoms with van der Waals surface area (Å²) in [5.41, 5.74) is 3.04. The quantitative estimate of drug-likeness (QED) is 0.139. The first-order chi connectivity index (χ1) is 38.6. The van der Waals surface area contributed by atoms with Crippen LogP contribution in [-0.4, -0.2) is 19.6 Å². The second-order valence-corrected chi connectivity index (χ2v) is 19.8. The van der Waals surface area contributed by atoms with Crippen molar-refractivity contribution in [3.63, 3.8) is 0 Å². The van der Waals surface area contributed by atoms with Crippen LogP contribution in [0, 0.1) is 12.9 Å². The van der Waals surface area contributed by atoms with Gasteiger partial charge in [-0.15, -0.1) is 29.3 Å². The Morgan fingerprint density at radius 1 is 0.662 bits per heavy atom. The molecule has 0 atom stereocenters. The van der Waals surface area contributed by atoms with Crippen molar-refractivity contribution in [2.24, 2.45) is 0 Å². The molecule has 0 aliphatic carbocycles. The van der Waals surface area contributed by atoms with E-state index in [9.17, 15) is 10.6 Å². The van der Waals surface area contributed by atoms with Crippen molar-refractivity contribution < 1.29 is 49.5 Å². The molecule has 1 N–H and O–H groups in total. The molecule has 0 spiro atoms. The Balaban J connectivity index is 0.0000104. The van der Waals surface area contributed by atoms with Gasteiger partial charge in [-0.05, 0) is 127 Å². The first kappa shape index (κ1) is 32.3. The second kappa shape index (κ2) is 19.4. The molecule has 8 aromatic rings. The zero-order valence-electron chi connectivity index (χ0n) is 57.6. The standard InChI is InChI=1S/C63H70N3O.Pt/c1-37(2)45-34-53(40(7)8)60(67)54(35-45)61-65-59-52(20-17-21-57(59)66(61)56-27-24-44(30-41(56)9)58-50(38(3)4)18-16-19-51(58)39(5)6)46-31-47(33-49(32-46)63(13,14)15)55-36-43(28-29-64-55)42-22-25-48(26-23-42)62(10,11)12;/h16-30,32-40,67H,1-15H3;/q-1;/i9D3,10D3,11D3,12D3,22D,23D,25D,26D,38D;. The zero-order chi connectivity index (χ0) is 62.7. The molecule has 2 heterocycles. The van der Waals surface area contributed by atoms with Gasteiger partial charge in [-0.2, -0.15) is 0 Å². The molecule has 4 nitrogen and oxygen atoms in total. The minimum atomic E-state index is -3.84. The number of phenolic OH excluding ortho intramolecular Hbond substituents is 1. The average Bonchev–Trinajstić information content (AvgIpc) is 1.29. The fourth-order valence-electron chi connectivity index (χ4n) is 8.71. The van der Waals surface area contributed by atoms with E-state index in [2.05, 4.69) is 38.7 Å². The number of aromatic nitrogens is 3. The van der Waals surface area contributed by atoms with Gasteiger partial charge in [0, 0.05) is 50.8 Å². The van der Waals surface area contributed by atoms with Gasteiger partial charge in [0.2, 0.25) is 0 Å². The van der Waals surface area contributed by atoms with E-state index in [1.165, 1.54) is 18.3 Å². The van der Waals surface area contributed by atoms with Crippen LogP contribution in [0.3, 0.4) is 0 Å². The van der Waals surface area contributed by atoms with Gasteiger partial charge in [-0.1, -0.05) is 181 Å². The summed E-state index contributed by atoms with van der Waals surface area (Å²) in [5.74, 6) is -0.826. The van der Waals surface area contributed by atoms with Crippen molar-refractivity contribution in [3.8, 4) is 67.5 Å². The molecule has 0 radical (unpaired) electrons. The molecule has 0 fully saturated rings. The van der Waals surface area contributed by atoms with Crippen LogP contribution in [0.25, 0.3) is 72.7 Å². The van der Waals surface area contributed by atoms with E-state index in [-0.39, 0.29) is 72.8 Å². The van der Waals surface area contributed by atoms with Crippen molar-refractivity contribution in [1.29, 1.82) is 0 Å². The van der Waals surface area contributed by atoms with Crippen LogP contribution in [0.5, 0.6) is 5.75 Å². The third-order valence-electron chi connectivity index (χ3n) is 12.5. The molecular weight excluding hydrogens is 1010 g/mol. The van der Waals surface area contributed by atoms with Crippen LogP contribution < -0.4 is 0 Å². The maximum absolute atomic E-state index is 12.4. The number of hydrogen-bond donors (Lipinski definition) is 1. The Hall–Kier alpha value is -5.57. The smallest absolute Gasteiger partial charge is 0.148 e. The molecule has 0 saturated carbocycles. The summed E-state index contributed by atoms with van der Waals surface area (Å²) in [7, 11) is 0. The molecule has 0 bridgehead atoms. The summed E-state index contributed by atoms with van der Waals surface area (Å²) in [6.07, 6.45) is 1.38. The summed E-state index contributed by atoms with van der Waals surface area (Å²) < 4.78 is 149. The van der Waals surface area contributed by atoms with Crippen molar-refractivity contribution in [2.75, 3.05) is 0 Å². The number of para-hydroxylation sites is 1. The molecule has 8 rings (SSSR count). The average molecular weight is 1100 g/mol. The minimum Gasteiger partial charge on any atom is -0.507 e. The van der Waals surface area contributed by atoms with E-state index in [0.717, 1.165) is 27.8 Å². The predicted molar refractivity (Wildman–Crippen MR) is 285 cm³/mol. The number of pyridine rings is 1. The van der Waals surface area contributed by atoms with Gasteiger partial charge in [0.05, 0.1) is 27.8 Å². The van der Waals surface area contributed by atoms with Crippen LogP contribution in [0.2, 0.25) is 0 Å². The maximum atomic E-state index is 12.4. The van der Waals surface area contributed by atoms with Gasteiger partial charge < -0.3 is 5.11 Å². The Morgan fingerprint density at radius 2 is 1.35 bits per heavy atom. The Labute approximate surface area is 445 Å². The number of fused-ring (bicyclic) bond motifs is 1. The van der Waals surface area contributed by atoms with Gasteiger partial charge in [0.15, 0.2) is 0 Å². The van der Waals surface area contributed by atoms with Gasteiger partial charge in [0.25, 0.3) is 0 Å². The molecule has 0 aliphatic rings. The SMILES string of the molecule is [2H]c1c([2H])c(C(C([2H])([2H])[2H])(C([2H])([2H])[2H])C([2H])([2H])[2H])c([2H])c([2H])c1-c1ccnc(-c2[c-]c(-c3cccc4c3nc(-c3cc(C(C)C)cc(C(C)C)c3O)n4-c3ccc(-c4c(C(C)C)cccc4C([2H])(C)C)cc3C([2H])([2H])[2H])cc(C(C)(C)C)c2)c1.[Pt]. The van der Waals surface area contributed by atoms with Crippen molar-refractivity contribution in [3.05, 3.63) is 166 Å². The van der Waals surface area contributed by atoms with Crippen molar-refractivity contribution >= 4 is 11.0 Å². The van der Waals surface area contributed by atoms with Crippen LogP contribution in [-0.2, 0) is 31.9 Å². The normalized spacial score (nSPS) is 16.8. The number of nitrogens with zero attached hydrogens (tertiary/aromatic N) is 3. The fraction of sp³-hybridized carbons (Fsp3) is 0.333.